The Balaban J connectivity index is 1.82. The number of halogens is 3. The van der Waals surface area contributed by atoms with Gasteiger partial charge >= 0.3 is 6.18 Å². The van der Waals surface area contributed by atoms with Gasteiger partial charge in [-0.25, -0.2) is 0 Å². The molecule has 0 spiro atoms. The van der Waals surface area contributed by atoms with Crippen LogP contribution in [0, 0.1) is 11.3 Å². The second kappa shape index (κ2) is 7.78. The number of alkyl halides is 3. The fourth-order valence-electron chi connectivity index (χ4n) is 5.29. The van der Waals surface area contributed by atoms with Gasteiger partial charge < -0.3 is 14.6 Å². The SMILES string of the molecule is CC1(C)CC(=O)C2=C(C1)N(CC1CCCCC1)C(=O)[C@@]2(NC(=O)c1ccco1)C(F)(F)F. The average Bonchev–Trinajstić information content (AvgIpc) is 3.30. The van der Waals surface area contributed by atoms with Gasteiger partial charge in [-0.1, -0.05) is 33.1 Å². The van der Waals surface area contributed by atoms with Crippen LogP contribution in [0.15, 0.2) is 34.1 Å². The zero-order valence-electron chi connectivity index (χ0n) is 18.2. The first-order valence-corrected chi connectivity index (χ1v) is 11.0. The smallest absolute Gasteiger partial charge is 0.425 e. The lowest BCUT2D eigenvalue weighted by atomic mass is 9.72. The van der Waals surface area contributed by atoms with Gasteiger partial charge in [0, 0.05) is 18.7 Å². The topological polar surface area (TPSA) is 79.6 Å². The molecule has 1 N–H and O–H groups in total. The monoisotopic (exact) mass is 452 g/mol. The highest BCUT2D eigenvalue weighted by Crippen LogP contribution is 2.52. The first kappa shape index (κ1) is 22.6. The van der Waals surface area contributed by atoms with Crippen molar-refractivity contribution in [2.24, 2.45) is 11.3 Å². The number of hydrogen-bond donors (Lipinski definition) is 1. The predicted octanol–water partition coefficient (Wildman–Crippen LogP) is 4.38. The Hall–Kier alpha value is -2.58. The van der Waals surface area contributed by atoms with E-state index in [0.717, 1.165) is 43.3 Å². The fraction of sp³-hybridized carbons (Fsp3) is 0.609. The summed E-state index contributed by atoms with van der Waals surface area (Å²) in [7, 11) is 0. The van der Waals surface area contributed by atoms with Gasteiger partial charge in [-0.2, -0.15) is 13.2 Å². The Kier molecular flexibility index (Phi) is 5.49. The summed E-state index contributed by atoms with van der Waals surface area (Å²) in [4.78, 5) is 40.4. The van der Waals surface area contributed by atoms with Gasteiger partial charge in [-0.3, -0.25) is 14.4 Å². The number of rotatable bonds is 4. The predicted molar refractivity (Wildman–Crippen MR) is 108 cm³/mol. The zero-order valence-corrected chi connectivity index (χ0v) is 18.2. The van der Waals surface area contributed by atoms with E-state index in [0.29, 0.717) is 0 Å². The van der Waals surface area contributed by atoms with Crippen molar-refractivity contribution in [3.05, 3.63) is 35.4 Å². The standard InChI is InChI=1S/C23H27F3N2O4/c1-21(2)11-15-18(16(29)12-21)22(23(24,25)26,27-19(30)17-9-6-10-32-17)20(31)28(15)13-14-7-4-3-5-8-14/h6,9-10,14H,3-5,7-8,11-13H2,1-2H3,(H,27,30)/t22-/m1/s1. The van der Waals surface area contributed by atoms with E-state index in [1.807, 2.05) is 5.32 Å². The molecule has 1 aromatic heterocycles. The highest BCUT2D eigenvalue weighted by atomic mass is 19.4. The van der Waals surface area contributed by atoms with Crippen LogP contribution < -0.4 is 5.32 Å². The number of carbonyl (C=O) groups excluding carboxylic acids is 3. The summed E-state index contributed by atoms with van der Waals surface area (Å²) in [5.41, 5.74) is -4.54. The molecular weight excluding hydrogens is 425 g/mol. The maximum atomic E-state index is 14.7. The Morgan fingerprint density at radius 3 is 2.47 bits per heavy atom. The largest absolute Gasteiger partial charge is 0.459 e. The van der Waals surface area contributed by atoms with Crippen molar-refractivity contribution in [3.63, 3.8) is 0 Å². The third-order valence-electron chi connectivity index (χ3n) is 6.76. The maximum absolute atomic E-state index is 14.7. The second-order valence-electron chi connectivity index (χ2n) is 9.86. The minimum atomic E-state index is -5.20. The molecule has 1 aromatic rings. The van der Waals surface area contributed by atoms with Gasteiger partial charge in [0.25, 0.3) is 11.8 Å². The molecule has 4 rings (SSSR count). The van der Waals surface area contributed by atoms with E-state index in [4.69, 9.17) is 4.42 Å². The van der Waals surface area contributed by atoms with Crippen molar-refractivity contribution < 1.29 is 32.0 Å². The van der Waals surface area contributed by atoms with Crippen molar-refractivity contribution in [1.82, 2.24) is 10.2 Å². The van der Waals surface area contributed by atoms with E-state index in [2.05, 4.69) is 0 Å². The van der Waals surface area contributed by atoms with E-state index in [9.17, 15) is 27.6 Å². The van der Waals surface area contributed by atoms with Crippen LogP contribution in [-0.4, -0.2) is 40.8 Å². The molecule has 1 saturated carbocycles. The van der Waals surface area contributed by atoms with Gasteiger partial charge in [0.2, 0.25) is 5.54 Å². The number of hydrogen-bond acceptors (Lipinski definition) is 4. The number of nitrogens with zero attached hydrogens (tertiary/aromatic N) is 1. The van der Waals surface area contributed by atoms with Crippen LogP contribution in [-0.2, 0) is 9.59 Å². The molecular formula is C23H27F3N2O4. The minimum absolute atomic E-state index is 0.0615. The summed E-state index contributed by atoms with van der Waals surface area (Å²) in [5.74, 6) is -3.55. The summed E-state index contributed by atoms with van der Waals surface area (Å²) in [6.07, 6.45) is 0.598. The molecule has 6 nitrogen and oxygen atoms in total. The summed E-state index contributed by atoms with van der Waals surface area (Å²) in [5, 5.41) is 1.88. The van der Waals surface area contributed by atoms with Gasteiger partial charge in [0.15, 0.2) is 11.5 Å². The van der Waals surface area contributed by atoms with Crippen LogP contribution in [0.4, 0.5) is 13.2 Å². The zero-order chi connectivity index (χ0) is 23.3. The number of amides is 2. The Morgan fingerprint density at radius 1 is 1.19 bits per heavy atom. The number of carbonyl (C=O) groups is 3. The third kappa shape index (κ3) is 3.65. The van der Waals surface area contributed by atoms with Gasteiger partial charge in [0.05, 0.1) is 11.8 Å². The molecule has 0 bridgehead atoms. The van der Waals surface area contributed by atoms with Crippen LogP contribution in [0.5, 0.6) is 0 Å². The minimum Gasteiger partial charge on any atom is -0.459 e. The first-order valence-electron chi connectivity index (χ1n) is 11.0. The molecule has 32 heavy (non-hydrogen) atoms. The third-order valence-corrected chi connectivity index (χ3v) is 6.76. The van der Waals surface area contributed by atoms with Crippen LogP contribution in [0.25, 0.3) is 0 Å². The first-order chi connectivity index (χ1) is 15.0. The Labute approximate surface area is 184 Å². The number of ketones is 1. The van der Waals surface area contributed by atoms with Crippen molar-refractivity contribution in [1.29, 1.82) is 0 Å². The summed E-state index contributed by atoms with van der Waals surface area (Å²) < 4.78 is 49.0. The Bertz CT molecular complexity index is 958. The molecule has 1 aliphatic heterocycles. The molecule has 0 saturated heterocycles. The summed E-state index contributed by atoms with van der Waals surface area (Å²) in [6.45, 7) is 3.72. The molecule has 174 valence electrons. The van der Waals surface area contributed by atoms with Gasteiger partial charge in [-0.05, 0) is 42.7 Å². The van der Waals surface area contributed by atoms with E-state index in [1.165, 1.54) is 12.1 Å². The molecule has 0 radical (unpaired) electrons. The van der Waals surface area contributed by atoms with Crippen molar-refractivity contribution in [2.45, 2.75) is 70.5 Å². The Morgan fingerprint density at radius 2 is 1.88 bits per heavy atom. The maximum Gasteiger partial charge on any atom is 0.425 e. The van der Waals surface area contributed by atoms with Gasteiger partial charge in [0.1, 0.15) is 0 Å². The summed E-state index contributed by atoms with van der Waals surface area (Å²) >= 11 is 0. The summed E-state index contributed by atoms with van der Waals surface area (Å²) in [6, 6.07) is 2.57. The van der Waals surface area contributed by atoms with Gasteiger partial charge in [-0.15, -0.1) is 0 Å². The number of furan rings is 1. The molecule has 0 unspecified atom stereocenters. The van der Waals surface area contributed by atoms with Crippen LogP contribution >= 0.6 is 0 Å². The molecule has 1 atom stereocenters. The molecule has 0 aromatic carbocycles. The molecule has 3 aliphatic rings. The quantitative estimate of drug-likeness (QED) is 0.736. The number of nitrogens with one attached hydrogen (secondary N) is 1. The fourth-order valence-corrected chi connectivity index (χ4v) is 5.29. The lowest BCUT2D eigenvalue weighted by Crippen LogP contribution is -2.66. The van der Waals surface area contributed by atoms with Crippen molar-refractivity contribution >= 4 is 17.6 Å². The van der Waals surface area contributed by atoms with E-state index < -0.39 is 40.3 Å². The van der Waals surface area contributed by atoms with E-state index in [1.54, 1.807) is 13.8 Å². The molecule has 2 aliphatic carbocycles. The normalized spacial score (nSPS) is 26.5. The highest BCUT2D eigenvalue weighted by Gasteiger charge is 2.71. The number of Topliss-reactive ketones (excluding diaryl/α,β-unsaturated/α-hetero) is 1. The highest BCUT2D eigenvalue weighted by molar-refractivity contribution is 6.14. The van der Waals surface area contributed by atoms with E-state index >= 15 is 0 Å². The van der Waals surface area contributed by atoms with Crippen molar-refractivity contribution in [2.75, 3.05) is 6.54 Å². The number of allylic oxidation sites excluding steroid dienone is 1. The van der Waals surface area contributed by atoms with Crippen LogP contribution in [0.3, 0.4) is 0 Å². The van der Waals surface area contributed by atoms with E-state index in [-0.39, 0.29) is 36.8 Å². The molecule has 2 heterocycles. The lowest BCUT2D eigenvalue weighted by molar-refractivity contribution is -0.191. The second-order valence-corrected chi connectivity index (χ2v) is 9.86. The average molecular weight is 452 g/mol. The molecule has 2 amide bonds. The van der Waals surface area contributed by atoms with Crippen LogP contribution in [0.2, 0.25) is 0 Å². The molecule has 9 heteroatoms. The van der Waals surface area contributed by atoms with Crippen molar-refractivity contribution in [3.8, 4) is 0 Å². The molecule has 1 fully saturated rings. The van der Waals surface area contributed by atoms with Crippen LogP contribution in [0.1, 0.15) is 69.3 Å². The lowest BCUT2D eigenvalue weighted by Gasteiger charge is -2.35.